The van der Waals surface area contributed by atoms with Crippen LogP contribution in [-0.2, 0) is 16.8 Å². The highest BCUT2D eigenvalue weighted by molar-refractivity contribution is 6.31. The van der Waals surface area contributed by atoms with Gasteiger partial charge in [0.15, 0.2) is 0 Å². The van der Waals surface area contributed by atoms with Gasteiger partial charge in [-0.25, -0.2) is 9.36 Å². The molecule has 3 rings (SSSR count). The molecule has 0 saturated carbocycles. The van der Waals surface area contributed by atoms with Gasteiger partial charge in [-0.15, -0.1) is 0 Å². The molecule has 29 heavy (non-hydrogen) atoms. The topological polar surface area (TPSA) is 64.7 Å². The van der Waals surface area contributed by atoms with Crippen molar-refractivity contribution in [2.24, 2.45) is 0 Å². The van der Waals surface area contributed by atoms with Crippen LogP contribution in [-0.4, -0.2) is 25.5 Å². The van der Waals surface area contributed by atoms with Crippen LogP contribution >= 0.6 is 11.6 Å². The van der Waals surface area contributed by atoms with E-state index in [0.717, 1.165) is 33.9 Å². The summed E-state index contributed by atoms with van der Waals surface area (Å²) in [5.41, 5.74) is 5.21. The zero-order valence-electron chi connectivity index (χ0n) is 18.1. The largest absolute Gasteiger partial charge is 0.311 e. The van der Waals surface area contributed by atoms with Crippen LogP contribution in [0.4, 0.5) is 5.82 Å². The first kappa shape index (κ1) is 21.1. The molecule has 0 aliphatic carbocycles. The van der Waals surface area contributed by atoms with E-state index in [1.165, 1.54) is 0 Å². The quantitative estimate of drug-likeness (QED) is 0.662. The Morgan fingerprint density at radius 2 is 1.79 bits per heavy atom. The third kappa shape index (κ3) is 4.37. The van der Waals surface area contributed by atoms with E-state index >= 15 is 0 Å². The molecule has 7 heteroatoms. The molecular weight excluding hydrogens is 386 g/mol. The number of halogens is 1. The van der Waals surface area contributed by atoms with E-state index in [2.05, 4.69) is 36.3 Å². The second kappa shape index (κ2) is 7.67. The molecule has 1 amide bonds. The van der Waals surface area contributed by atoms with E-state index < -0.39 is 0 Å². The molecule has 0 radical (unpaired) electrons. The van der Waals surface area contributed by atoms with Crippen molar-refractivity contribution in [1.82, 2.24) is 19.6 Å². The summed E-state index contributed by atoms with van der Waals surface area (Å²) in [6.45, 7) is 13.9. The summed E-state index contributed by atoms with van der Waals surface area (Å²) in [6.07, 6.45) is 0.242. The molecule has 154 valence electrons. The van der Waals surface area contributed by atoms with Gasteiger partial charge in [0.2, 0.25) is 5.91 Å². The fraction of sp³-hybridized carbons (Fsp3) is 0.409. The second-order valence-electron chi connectivity index (χ2n) is 8.47. The maximum Gasteiger partial charge on any atom is 0.230 e. The molecule has 6 nitrogen and oxygen atoms in total. The lowest BCUT2D eigenvalue weighted by molar-refractivity contribution is -0.115. The third-order valence-corrected chi connectivity index (χ3v) is 5.32. The van der Waals surface area contributed by atoms with Crippen molar-refractivity contribution in [3.05, 3.63) is 57.5 Å². The van der Waals surface area contributed by atoms with Crippen molar-refractivity contribution in [2.75, 3.05) is 5.32 Å². The number of rotatable bonds is 4. The minimum Gasteiger partial charge on any atom is -0.311 e. The van der Waals surface area contributed by atoms with Gasteiger partial charge in [-0.2, -0.15) is 10.2 Å². The van der Waals surface area contributed by atoms with Gasteiger partial charge in [0.25, 0.3) is 0 Å². The predicted molar refractivity (Wildman–Crippen MR) is 117 cm³/mol. The number of carbonyl (C=O) groups is 1. The van der Waals surface area contributed by atoms with E-state index in [-0.39, 0.29) is 17.9 Å². The maximum absolute atomic E-state index is 12.8. The molecule has 0 aliphatic heterocycles. The number of hydrogen-bond acceptors (Lipinski definition) is 3. The molecule has 2 heterocycles. The maximum atomic E-state index is 12.8. The molecule has 0 bridgehead atoms. The Hall–Kier alpha value is -2.60. The Kier molecular flexibility index (Phi) is 5.59. The number of nitrogens with zero attached hydrogens (tertiary/aromatic N) is 4. The smallest absolute Gasteiger partial charge is 0.230 e. The number of hydrogen-bond donors (Lipinski definition) is 1. The van der Waals surface area contributed by atoms with E-state index in [4.69, 9.17) is 11.6 Å². The summed E-state index contributed by atoms with van der Waals surface area (Å²) in [4.78, 5) is 12.8. The predicted octanol–water partition coefficient (Wildman–Crippen LogP) is 4.89. The molecule has 0 atom stereocenters. The molecule has 1 aromatic carbocycles. The molecule has 2 aromatic heterocycles. The molecule has 0 fully saturated rings. The van der Waals surface area contributed by atoms with E-state index in [9.17, 15) is 4.79 Å². The molecule has 3 aromatic rings. The van der Waals surface area contributed by atoms with Gasteiger partial charge >= 0.3 is 0 Å². The van der Waals surface area contributed by atoms with Crippen molar-refractivity contribution in [3.8, 4) is 5.69 Å². The summed E-state index contributed by atoms with van der Waals surface area (Å²) in [5.74, 6) is 0.608. The first-order valence-electron chi connectivity index (χ1n) is 9.66. The lowest BCUT2D eigenvalue weighted by Gasteiger charge is -2.22. The van der Waals surface area contributed by atoms with Gasteiger partial charge in [-0.1, -0.05) is 17.7 Å². The monoisotopic (exact) mass is 413 g/mol. The standard InChI is InChI=1S/C22H28ClN5O/c1-13-8-9-17(11-19(13)23)27-16(4)18(15(3)26-27)12-21(29)24-20-10-14(2)25-28(20)22(5,6)7/h8-11H,12H2,1-7H3,(H,24,29). The normalized spacial score (nSPS) is 11.7. The number of aromatic nitrogens is 4. The zero-order valence-corrected chi connectivity index (χ0v) is 18.8. The van der Waals surface area contributed by atoms with Crippen LogP contribution < -0.4 is 5.32 Å². The summed E-state index contributed by atoms with van der Waals surface area (Å²) < 4.78 is 3.69. The Morgan fingerprint density at radius 3 is 2.41 bits per heavy atom. The molecule has 0 spiro atoms. The summed E-state index contributed by atoms with van der Waals surface area (Å²) in [5, 5.41) is 12.8. The molecule has 1 N–H and O–H groups in total. The fourth-order valence-corrected chi connectivity index (χ4v) is 3.52. The SMILES string of the molecule is Cc1cc(NC(=O)Cc2c(C)nn(-c3ccc(C)c(Cl)c3)c2C)n(C(C)(C)C)n1. The van der Waals surface area contributed by atoms with Gasteiger partial charge in [-0.05, 0) is 66.2 Å². The van der Waals surface area contributed by atoms with Crippen LogP contribution in [0, 0.1) is 27.7 Å². The Labute approximate surface area is 176 Å². The Balaban J connectivity index is 1.85. The first-order chi connectivity index (χ1) is 13.5. The van der Waals surface area contributed by atoms with Crippen LogP contribution in [0.3, 0.4) is 0 Å². The summed E-state index contributed by atoms with van der Waals surface area (Å²) in [7, 11) is 0. The first-order valence-corrected chi connectivity index (χ1v) is 10.0. The highest BCUT2D eigenvalue weighted by Crippen LogP contribution is 2.24. The molecule has 0 aliphatic rings. The summed E-state index contributed by atoms with van der Waals surface area (Å²) in [6, 6.07) is 7.73. The average molecular weight is 414 g/mol. The lowest BCUT2D eigenvalue weighted by atomic mass is 10.1. The van der Waals surface area contributed by atoms with Gasteiger partial charge in [0.1, 0.15) is 5.82 Å². The molecular formula is C22H28ClN5O. The zero-order chi connectivity index (χ0) is 21.5. The van der Waals surface area contributed by atoms with Gasteiger partial charge in [-0.3, -0.25) is 4.79 Å². The Bertz CT molecular complexity index is 1070. The van der Waals surface area contributed by atoms with Crippen LogP contribution in [0.2, 0.25) is 5.02 Å². The number of anilines is 1. The van der Waals surface area contributed by atoms with E-state index in [1.807, 2.05) is 61.3 Å². The summed E-state index contributed by atoms with van der Waals surface area (Å²) >= 11 is 6.28. The van der Waals surface area contributed by atoms with Crippen molar-refractivity contribution in [2.45, 2.75) is 60.4 Å². The number of amides is 1. The second-order valence-corrected chi connectivity index (χ2v) is 8.88. The van der Waals surface area contributed by atoms with Gasteiger partial charge < -0.3 is 5.32 Å². The minimum atomic E-state index is -0.224. The number of benzene rings is 1. The van der Waals surface area contributed by atoms with Crippen LogP contribution in [0.15, 0.2) is 24.3 Å². The fourth-order valence-electron chi connectivity index (χ4n) is 3.34. The van der Waals surface area contributed by atoms with Crippen molar-refractivity contribution < 1.29 is 4.79 Å². The van der Waals surface area contributed by atoms with Crippen molar-refractivity contribution in [3.63, 3.8) is 0 Å². The highest BCUT2D eigenvalue weighted by Gasteiger charge is 2.21. The van der Waals surface area contributed by atoms with Crippen LogP contribution in [0.5, 0.6) is 0 Å². The van der Waals surface area contributed by atoms with Gasteiger partial charge in [0, 0.05) is 22.3 Å². The minimum absolute atomic E-state index is 0.0944. The van der Waals surface area contributed by atoms with E-state index in [1.54, 1.807) is 0 Å². The van der Waals surface area contributed by atoms with Crippen LogP contribution in [0.1, 0.15) is 49.0 Å². The van der Waals surface area contributed by atoms with Crippen LogP contribution in [0.25, 0.3) is 5.69 Å². The number of nitrogens with one attached hydrogen (secondary N) is 1. The molecule has 0 saturated heterocycles. The highest BCUT2D eigenvalue weighted by atomic mass is 35.5. The van der Waals surface area contributed by atoms with Crippen molar-refractivity contribution in [1.29, 1.82) is 0 Å². The lowest BCUT2D eigenvalue weighted by Crippen LogP contribution is -2.27. The Morgan fingerprint density at radius 1 is 1.10 bits per heavy atom. The number of aryl methyl sites for hydroxylation is 3. The third-order valence-electron chi connectivity index (χ3n) is 4.91. The average Bonchev–Trinajstić information content (AvgIpc) is 3.11. The van der Waals surface area contributed by atoms with Gasteiger partial charge in [0.05, 0.1) is 29.0 Å². The molecule has 0 unspecified atom stereocenters. The number of carbonyl (C=O) groups excluding carboxylic acids is 1. The van der Waals surface area contributed by atoms with Crippen molar-refractivity contribution >= 4 is 23.3 Å². The van der Waals surface area contributed by atoms with E-state index in [0.29, 0.717) is 10.8 Å².